The zero-order valence-corrected chi connectivity index (χ0v) is 21.7. The smallest absolute Gasteiger partial charge is 0.270 e. The van der Waals surface area contributed by atoms with Crippen LogP contribution in [0.1, 0.15) is 0 Å². The molecular formula is C28H26N8O4. The van der Waals surface area contributed by atoms with Crippen molar-refractivity contribution < 1.29 is 14.3 Å². The second kappa shape index (κ2) is 10.5. The van der Waals surface area contributed by atoms with Crippen molar-refractivity contribution in [3.05, 3.63) is 84.1 Å². The Balaban J connectivity index is 1.44. The predicted molar refractivity (Wildman–Crippen MR) is 152 cm³/mol. The second-order valence-electron chi connectivity index (χ2n) is 9.02. The molecule has 5 aromatic rings. The van der Waals surface area contributed by atoms with Crippen LogP contribution in [0, 0.1) is 0 Å². The summed E-state index contributed by atoms with van der Waals surface area (Å²) in [7, 11) is 1.61. The van der Waals surface area contributed by atoms with Gasteiger partial charge in [0.1, 0.15) is 11.1 Å². The van der Waals surface area contributed by atoms with E-state index in [9.17, 15) is 9.59 Å². The molecule has 1 saturated heterocycles. The summed E-state index contributed by atoms with van der Waals surface area (Å²) in [6, 6.07) is 13.0. The van der Waals surface area contributed by atoms with Gasteiger partial charge in [-0.05, 0) is 36.4 Å². The molecule has 40 heavy (non-hydrogen) atoms. The number of imidazole rings is 1. The summed E-state index contributed by atoms with van der Waals surface area (Å²) in [6.45, 7) is 6.48. The Labute approximate surface area is 228 Å². The topological polar surface area (TPSA) is 128 Å². The summed E-state index contributed by atoms with van der Waals surface area (Å²) in [6.07, 6.45) is 5.81. The van der Waals surface area contributed by atoms with Crippen LogP contribution in [0.25, 0.3) is 22.5 Å². The SMILES string of the molecule is C=CC(=O)Nc1cccc(-n2c3nc(Nc4ccc(N5CCOCC5)cc4OC)ncc3c(=O)n3ccnc23)c1. The molecule has 1 amide bonds. The van der Waals surface area contributed by atoms with Gasteiger partial charge in [0.25, 0.3) is 5.56 Å². The molecule has 1 aliphatic rings. The molecule has 2 N–H and O–H groups in total. The third-order valence-electron chi connectivity index (χ3n) is 6.62. The molecule has 0 bridgehead atoms. The second-order valence-corrected chi connectivity index (χ2v) is 9.02. The maximum atomic E-state index is 13.2. The number of nitrogens with zero attached hydrogens (tertiary/aromatic N) is 6. The zero-order valence-electron chi connectivity index (χ0n) is 21.7. The van der Waals surface area contributed by atoms with Gasteiger partial charge >= 0.3 is 0 Å². The fourth-order valence-electron chi connectivity index (χ4n) is 4.67. The molecule has 0 saturated carbocycles. The first kappa shape index (κ1) is 25.1. The highest BCUT2D eigenvalue weighted by molar-refractivity contribution is 5.99. The van der Waals surface area contributed by atoms with E-state index in [1.54, 1.807) is 42.3 Å². The fraction of sp³-hybridized carbons (Fsp3) is 0.179. The van der Waals surface area contributed by atoms with Gasteiger partial charge in [0, 0.05) is 49.1 Å². The van der Waals surface area contributed by atoms with Gasteiger partial charge in [-0.1, -0.05) is 12.6 Å². The minimum absolute atomic E-state index is 0.269. The molecule has 4 heterocycles. The first-order valence-corrected chi connectivity index (χ1v) is 12.6. The number of rotatable bonds is 7. The van der Waals surface area contributed by atoms with E-state index >= 15 is 0 Å². The lowest BCUT2D eigenvalue weighted by molar-refractivity contribution is -0.111. The average molecular weight is 539 g/mol. The number of nitrogens with one attached hydrogen (secondary N) is 2. The van der Waals surface area contributed by atoms with Crippen LogP contribution >= 0.6 is 0 Å². The van der Waals surface area contributed by atoms with Gasteiger partial charge in [0.2, 0.25) is 17.6 Å². The molecule has 1 fully saturated rings. The average Bonchev–Trinajstić information content (AvgIpc) is 3.48. The van der Waals surface area contributed by atoms with Crippen LogP contribution in [-0.2, 0) is 9.53 Å². The van der Waals surface area contributed by atoms with Gasteiger partial charge in [0.15, 0.2) is 5.65 Å². The molecule has 0 radical (unpaired) electrons. The Hall–Kier alpha value is -5.23. The molecule has 0 atom stereocenters. The Bertz CT molecular complexity index is 1810. The summed E-state index contributed by atoms with van der Waals surface area (Å²) in [5.74, 6) is 0.918. The highest BCUT2D eigenvalue weighted by atomic mass is 16.5. The summed E-state index contributed by atoms with van der Waals surface area (Å²) in [5.41, 5.74) is 2.94. The van der Waals surface area contributed by atoms with Crippen LogP contribution < -0.4 is 25.8 Å². The Morgan fingerprint density at radius 3 is 2.77 bits per heavy atom. The highest BCUT2D eigenvalue weighted by Gasteiger charge is 2.18. The van der Waals surface area contributed by atoms with Crippen LogP contribution in [0.15, 0.2) is 78.5 Å². The van der Waals surface area contributed by atoms with Crippen LogP contribution in [0.5, 0.6) is 5.75 Å². The lowest BCUT2D eigenvalue weighted by atomic mass is 10.2. The molecule has 2 aromatic carbocycles. The number of ether oxygens (including phenoxy) is 2. The minimum Gasteiger partial charge on any atom is -0.494 e. The van der Waals surface area contributed by atoms with Crippen molar-refractivity contribution in [2.45, 2.75) is 0 Å². The standard InChI is InChI=1S/C28H26N8O4/c1-3-24(37)31-18-5-4-6-20(15-18)36-25-21(26(38)35-10-9-29-28(35)36)17-30-27(33-25)32-22-8-7-19(16-23(22)39-2)34-11-13-40-14-12-34/h3-10,15-17H,1,11-14H2,2H3,(H,31,37)(H,30,32,33). The van der Waals surface area contributed by atoms with E-state index in [-0.39, 0.29) is 17.4 Å². The molecule has 0 unspecified atom stereocenters. The van der Waals surface area contributed by atoms with Crippen LogP contribution in [0.2, 0.25) is 0 Å². The Morgan fingerprint density at radius 1 is 1.12 bits per heavy atom. The molecule has 202 valence electrons. The van der Waals surface area contributed by atoms with Gasteiger partial charge < -0.3 is 25.0 Å². The van der Waals surface area contributed by atoms with E-state index in [1.165, 1.54) is 16.7 Å². The number of anilines is 4. The molecule has 0 aliphatic carbocycles. The molecule has 12 heteroatoms. The van der Waals surface area contributed by atoms with Gasteiger partial charge in [-0.2, -0.15) is 4.98 Å². The van der Waals surface area contributed by atoms with Crippen molar-refractivity contribution in [3.8, 4) is 11.4 Å². The number of aromatic nitrogens is 5. The van der Waals surface area contributed by atoms with Crippen molar-refractivity contribution in [2.24, 2.45) is 0 Å². The van der Waals surface area contributed by atoms with E-state index in [2.05, 4.69) is 32.1 Å². The van der Waals surface area contributed by atoms with E-state index in [0.29, 0.717) is 52.8 Å². The number of methoxy groups -OCH3 is 1. The van der Waals surface area contributed by atoms with Crippen molar-refractivity contribution in [2.75, 3.05) is 48.9 Å². The summed E-state index contributed by atoms with van der Waals surface area (Å²) >= 11 is 0. The van der Waals surface area contributed by atoms with Crippen LogP contribution in [-0.4, -0.2) is 63.2 Å². The third-order valence-corrected chi connectivity index (χ3v) is 6.62. The fourth-order valence-corrected chi connectivity index (χ4v) is 4.67. The maximum Gasteiger partial charge on any atom is 0.270 e. The van der Waals surface area contributed by atoms with E-state index < -0.39 is 0 Å². The van der Waals surface area contributed by atoms with Gasteiger partial charge in [-0.15, -0.1) is 0 Å². The van der Waals surface area contributed by atoms with Gasteiger partial charge in [-0.3, -0.25) is 18.6 Å². The van der Waals surface area contributed by atoms with Crippen molar-refractivity contribution in [1.29, 1.82) is 0 Å². The van der Waals surface area contributed by atoms with Crippen LogP contribution in [0.3, 0.4) is 0 Å². The van der Waals surface area contributed by atoms with Crippen molar-refractivity contribution in [1.82, 2.24) is 23.9 Å². The number of hydrogen-bond donors (Lipinski definition) is 2. The predicted octanol–water partition coefficient (Wildman–Crippen LogP) is 3.14. The third kappa shape index (κ3) is 4.60. The monoisotopic (exact) mass is 538 g/mol. The zero-order chi connectivity index (χ0) is 27.6. The number of morpholine rings is 1. The van der Waals surface area contributed by atoms with E-state index in [0.717, 1.165) is 18.8 Å². The highest BCUT2D eigenvalue weighted by Crippen LogP contribution is 2.32. The number of fused-ring (bicyclic) bond motifs is 2. The summed E-state index contributed by atoms with van der Waals surface area (Å²) < 4.78 is 14.3. The molecule has 12 nitrogen and oxygen atoms in total. The number of carbonyl (C=O) groups excluding carboxylic acids is 1. The maximum absolute atomic E-state index is 13.2. The lowest BCUT2D eigenvalue weighted by Gasteiger charge is -2.29. The van der Waals surface area contributed by atoms with Crippen molar-refractivity contribution >= 4 is 45.7 Å². The van der Waals surface area contributed by atoms with Gasteiger partial charge in [0.05, 0.1) is 31.7 Å². The number of benzene rings is 2. The van der Waals surface area contributed by atoms with E-state index in [4.69, 9.17) is 14.5 Å². The van der Waals surface area contributed by atoms with E-state index in [1.807, 2.05) is 24.3 Å². The Kier molecular flexibility index (Phi) is 6.58. The minimum atomic E-state index is -0.338. The normalized spacial score (nSPS) is 13.4. The molecule has 3 aromatic heterocycles. The Morgan fingerprint density at radius 2 is 1.98 bits per heavy atom. The first-order valence-electron chi connectivity index (χ1n) is 12.6. The number of carbonyl (C=O) groups is 1. The van der Waals surface area contributed by atoms with Gasteiger partial charge in [-0.25, -0.2) is 9.97 Å². The number of hydrogen-bond acceptors (Lipinski definition) is 9. The summed E-state index contributed by atoms with van der Waals surface area (Å²) in [4.78, 5) is 41.0. The summed E-state index contributed by atoms with van der Waals surface area (Å²) in [5, 5.41) is 6.29. The lowest BCUT2D eigenvalue weighted by Crippen LogP contribution is -2.36. The molecular weight excluding hydrogens is 512 g/mol. The quantitative estimate of drug-likeness (QED) is 0.300. The first-order chi connectivity index (χ1) is 19.6. The largest absolute Gasteiger partial charge is 0.494 e. The molecule has 0 spiro atoms. The number of amides is 1. The van der Waals surface area contributed by atoms with Crippen molar-refractivity contribution in [3.63, 3.8) is 0 Å². The van der Waals surface area contributed by atoms with Crippen LogP contribution in [0.4, 0.5) is 23.0 Å². The molecule has 6 rings (SSSR count). The molecule has 1 aliphatic heterocycles.